The van der Waals surface area contributed by atoms with Crippen LogP contribution in [0.1, 0.15) is 19.8 Å². The molecule has 0 radical (unpaired) electrons. The van der Waals surface area contributed by atoms with Gasteiger partial charge in [0, 0.05) is 13.1 Å². The van der Waals surface area contributed by atoms with Gasteiger partial charge >= 0.3 is 5.97 Å². The summed E-state index contributed by atoms with van der Waals surface area (Å²) in [5, 5.41) is 9.85. The second-order valence-electron chi connectivity index (χ2n) is 5.74. The molecule has 0 aliphatic carbocycles. The van der Waals surface area contributed by atoms with Crippen molar-refractivity contribution in [2.75, 3.05) is 18.8 Å². The molecule has 1 saturated heterocycles. The zero-order valence-corrected chi connectivity index (χ0v) is 13.7. The van der Waals surface area contributed by atoms with Gasteiger partial charge in [-0.25, -0.2) is 22.5 Å². The van der Waals surface area contributed by atoms with E-state index in [4.69, 9.17) is 0 Å². The fourth-order valence-corrected chi connectivity index (χ4v) is 4.28. The minimum atomic E-state index is -3.29. The summed E-state index contributed by atoms with van der Waals surface area (Å²) in [4.78, 5) is 16.3. The summed E-state index contributed by atoms with van der Waals surface area (Å²) in [6.07, 6.45) is 1.99. The van der Waals surface area contributed by atoms with E-state index in [-0.39, 0.29) is 31.7 Å². The van der Waals surface area contributed by atoms with Crippen molar-refractivity contribution in [3.8, 4) is 0 Å². The summed E-state index contributed by atoms with van der Waals surface area (Å²) in [6.45, 7) is 2.00. The van der Waals surface area contributed by atoms with Crippen molar-refractivity contribution in [2.45, 2.75) is 25.3 Å². The Hall–Kier alpha value is -1.93. The van der Waals surface area contributed by atoms with E-state index in [1.165, 1.54) is 4.31 Å². The Labute approximate surface area is 134 Å². The maximum atomic E-state index is 12.0. The van der Waals surface area contributed by atoms with Crippen LogP contribution in [-0.2, 0) is 20.4 Å². The average molecular weight is 337 g/mol. The number of hydrogen-bond acceptors (Lipinski definition) is 4. The number of aliphatic carboxylic acids is 1. The molecule has 8 heteroatoms. The third-order valence-electron chi connectivity index (χ3n) is 4.62. The van der Waals surface area contributed by atoms with Crippen molar-refractivity contribution in [1.29, 1.82) is 0 Å². The Morgan fingerprint density at radius 2 is 1.96 bits per heavy atom. The highest BCUT2D eigenvalue weighted by molar-refractivity contribution is 7.89. The summed E-state index contributed by atoms with van der Waals surface area (Å²) >= 11 is 0. The number of fused-ring (bicyclic) bond motifs is 1. The average Bonchev–Trinajstić information content (AvgIpc) is 2.99. The Kier molecular flexibility index (Phi) is 3.89. The van der Waals surface area contributed by atoms with E-state index < -0.39 is 21.5 Å². The molecule has 1 N–H and O–H groups in total. The molecule has 1 aromatic heterocycles. The number of carboxylic acids is 1. The molecular formula is C15H19N3O4S. The molecule has 0 bridgehead atoms. The number of rotatable bonds is 4. The van der Waals surface area contributed by atoms with Crippen molar-refractivity contribution in [3.63, 3.8) is 0 Å². The number of piperidine rings is 1. The summed E-state index contributed by atoms with van der Waals surface area (Å²) in [7, 11) is -3.29. The molecule has 0 amide bonds. The van der Waals surface area contributed by atoms with Crippen LogP contribution in [0.2, 0.25) is 0 Å². The van der Waals surface area contributed by atoms with Crippen LogP contribution in [0.4, 0.5) is 0 Å². The zero-order valence-electron chi connectivity index (χ0n) is 12.8. The van der Waals surface area contributed by atoms with E-state index >= 15 is 0 Å². The molecule has 0 unspecified atom stereocenters. The lowest BCUT2D eigenvalue weighted by Gasteiger charge is -2.39. The van der Waals surface area contributed by atoms with Gasteiger partial charge in [0.1, 0.15) is 5.54 Å². The first-order chi connectivity index (χ1) is 10.9. The van der Waals surface area contributed by atoms with Crippen LogP contribution >= 0.6 is 0 Å². The van der Waals surface area contributed by atoms with Crippen LogP contribution in [0.25, 0.3) is 11.0 Å². The van der Waals surface area contributed by atoms with Crippen LogP contribution in [-0.4, -0.2) is 52.2 Å². The molecule has 1 aliphatic rings. The predicted octanol–water partition coefficient (Wildman–Crippen LogP) is 1.26. The van der Waals surface area contributed by atoms with Gasteiger partial charge in [-0.3, -0.25) is 0 Å². The lowest BCUT2D eigenvalue weighted by atomic mass is 9.88. The third kappa shape index (κ3) is 2.51. The predicted molar refractivity (Wildman–Crippen MR) is 85.6 cm³/mol. The minimum Gasteiger partial charge on any atom is -0.479 e. The largest absolute Gasteiger partial charge is 0.479 e. The van der Waals surface area contributed by atoms with E-state index in [1.807, 2.05) is 24.3 Å². The molecule has 2 aromatic rings. The van der Waals surface area contributed by atoms with E-state index in [2.05, 4.69) is 4.98 Å². The number of para-hydroxylation sites is 2. The second kappa shape index (κ2) is 5.61. The van der Waals surface area contributed by atoms with Crippen LogP contribution in [0, 0.1) is 0 Å². The van der Waals surface area contributed by atoms with Gasteiger partial charge in [0.2, 0.25) is 10.0 Å². The lowest BCUT2D eigenvalue weighted by molar-refractivity contribution is -0.149. The molecule has 0 atom stereocenters. The van der Waals surface area contributed by atoms with Crippen molar-refractivity contribution in [2.24, 2.45) is 0 Å². The summed E-state index contributed by atoms with van der Waals surface area (Å²) in [6, 6.07) is 7.36. The van der Waals surface area contributed by atoms with Gasteiger partial charge in [-0.05, 0) is 31.9 Å². The molecule has 0 spiro atoms. The Bertz CT molecular complexity index is 835. The fourth-order valence-electron chi connectivity index (χ4n) is 3.17. The van der Waals surface area contributed by atoms with Gasteiger partial charge in [0.25, 0.3) is 0 Å². The number of aromatic nitrogens is 2. The van der Waals surface area contributed by atoms with Gasteiger partial charge in [0.05, 0.1) is 23.1 Å². The van der Waals surface area contributed by atoms with Gasteiger partial charge in [-0.1, -0.05) is 12.1 Å². The van der Waals surface area contributed by atoms with Gasteiger partial charge < -0.3 is 9.67 Å². The third-order valence-corrected chi connectivity index (χ3v) is 6.50. The molecule has 1 aromatic carbocycles. The van der Waals surface area contributed by atoms with E-state index in [0.29, 0.717) is 0 Å². The topological polar surface area (TPSA) is 92.5 Å². The molecular weight excluding hydrogens is 318 g/mol. The van der Waals surface area contributed by atoms with E-state index in [0.717, 1.165) is 11.0 Å². The van der Waals surface area contributed by atoms with Crippen LogP contribution in [0.15, 0.2) is 30.6 Å². The quantitative estimate of drug-likeness (QED) is 0.907. The first kappa shape index (κ1) is 15.9. The summed E-state index contributed by atoms with van der Waals surface area (Å²) < 4.78 is 27.1. The maximum absolute atomic E-state index is 12.0. The molecule has 124 valence electrons. The summed E-state index contributed by atoms with van der Waals surface area (Å²) in [5.74, 6) is -0.921. The van der Waals surface area contributed by atoms with Gasteiger partial charge in [0.15, 0.2) is 0 Å². The van der Waals surface area contributed by atoms with Gasteiger partial charge in [-0.2, -0.15) is 0 Å². The lowest BCUT2D eigenvalue weighted by Crippen LogP contribution is -2.52. The molecule has 0 saturated carbocycles. The van der Waals surface area contributed by atoms with Crippen LogP contribution in [0.3, 0.4) is 0 Å². The van der Waals surface area contributed by atoms with Crippen molar-refractivity contribution in [3.05, 3.63) is 30.6 Å². The van der Waals surface area contributed by atoms with Gasteiger partial charge in [-0.15, -0.1) is 0 Å². The first-order valence-corrected chi connectivity index (χ1v) is 9.15. The summed E-state index contributed by atoms with van der Waals surface area (Å²) in [5.41, 5.74) is 0.328. The second-order valence-corrected chi connectivity index (χ2v) is 8.00. The van der Waals surface area contributed by atoms with Crippen molar-refractivity contribution in [1.82, 2.24) is 13.9 Å². The highest BCUT2D eigenvalue weighted by atomic mass is 32.2. The maximum Gasteiger partial charge on any atom is 0.330 e. The van der Waals surface area contributed by atoms with Crippen molar-refractivity contribution < 1.29 is 18.3 Å². The number of imidazole rings is 1. The van der Waals surface area contributed by atoms with Crippen molar-refractivity contribution >= 4 is 27.0 Å². The molecule has 23 heavy (non-hydrogen) atoms. The Balaban J connectivity index is 1.99. The number of hydrogen-bond donors (Lipinski definition) is 1. The number of carboxylic acid groups (broad SMARTS) is 1. The zero-order chi connectivity index (χ0) is 16.7. The van der Waals surface area contributed by atoms with E-state index in [9.17, 15) is 18.3 Å². The number of nitrogens with zero attached hydrogens (tertiary/aromatic N) is 3. The standard InChI is InChI=1S/C15H19N3O4S/c1-2-23(21,22)17-9-7-15(8-10-17,14(19)20)18-11-16-12-5-3-4-6-13(12)18/h3-6,11H,2,7-10H2,1H3,(H,19,20). The molecule has 7 nitrogen and oxygen atoms in total. The van der Waals surface area contributed by atoms with Crippen LogP contribution < -0.4 is 0 Å². The first-order valence-electron chi connectivity index (χ1n) is 7.54. The monoisotopic (exact) mass is 337 g/mol. The number of carbonyl (C=O) groups is 1. The molecule has 1 fully saturated rings. The fraction of sp³-hybridized carbons (Fsp3) is 0.467. The smallest absolute Gasteiger partial charge is 0.330 e. The Morgan fingerprint density at radius 3 is 2.57 bits per heavy atom. The highest BCUT2D eigenvalue weighted by Gasteiger charge is 2.45. The number of benzene rings is 1. The SMILES string of the molecule is CCS(=O)(=O)N1CCC(C(=O)O)(n2cnc3ccccc32)CC1. The molecule has 2 heterocycles. The normalized spacial score (nSPS) is 19.0. The Morgan fingerprint density at radius 1 is 1.30 bits per heavy atom. The highest BCUT2D eigenvalue weighted by Crippen LogP contribution is 2.34. The molecule has 1 aliphatic heterocycles. The van der Waals surface area contributed by atoms with Crippen LogP contribution in [0.5, 0.6) is 0 Å². The van der Waals surface area contributed by atoms with E-state index in [1.54, 1.807) is 17.8 Å². The number of sulfonamides is 1. The molecule has 3 rings (SSSR count). The minimum absolute atomic E-state index is 0.0288.